The zero-order valence-corrected chi connectivity index (χ0v) is 15.1. The van der Waals surface area contributed by atoms with E-state index in [-0.39, 0.29) is 24.2 Å². The Morgan fingerprint density at radius 2 is 1.86 bits per heavy atom. The number of hydrogen-bond acceptors (Lipinski definition) is 6. The van der Waals surface area contributed by atoms with Crippen LogP contribution in [0.15, 0.2) is 48.8 Å². The molecule has 7 nitrogen and oxygen atoms in total. The van der Waals surface area contributed by atoms with Crippen LogP contribution in [-0.2, 0) is 11.0 Å². The number of nitrogens with zero attached hydrogens (tertiary/aromatic N) is 4. The molecule has 0 fully saturated rings. The smallest absolute Gasteiger partial charge is 0.433 e. The number of halogens is 3. The molecule has 0 bridgehead atoms. The Bertz CT molecular complexity index is 1070. The third-order valence-corrected chi connectivity index (χ3v) is 4.27. The lowest BCUT2D eigenvalue weighted by molar-refractivity contribution is -0.141. The second-order valence-corrected chi connectivity index (χ2v) is 6.24. The number of benzene rings is 1. The maximum atomic E-state index is 13.3. The largest absolute Gasteiger partial charge is 0.482 e. The van der Waals surface area contributed by atoms with Crippen molar-refractivity contribution in [2.75, 3.05) is 23.9 Å². The first-order valence-electron chi connectivity index (χ1n) is 8.48. The van der Waals surface area contributed by atoms with Crippen LogP contribution in [0, 0.1) is 0 Å². The number of fused-ring (bicyclic) bond motifs is 1. The number of amides is 1. The van der Waals surface area contributed by atoms with Crippen LogP contribution in [0.5, 0.6) is 5.75 Å². The van der Waals surface area contributed by atoms with Crippen LogP contribution in [0.4, 0.5) is 30.4 Å². The topological polar surface area (TPSA) is 80.2 Å². The van der Waals surface area contributed by atoms with Gasteiger partial charge >= 0.3 is 6.18 Å². The van der Waals surface area contributed by atoms with E-state index < -0.39 is 11.9 Å². The van der Waals surface area contributed by atoms with E-state index in [1.165, 1.54) is 29.4 Å². The number of carbonyl (C=O) groups is 1. The summed E-state index contributed by atoms with van der Waals surface area (Å²) in [6.07, 6.45) is -1.75. The summed E-state index contributed by atoms with van der Waals surface area (Å²) in [4.78, 5) is 24.9. The van der Waals surface area contributed by atoms with Crippen LogP contribution in [0.2, 0.25) is 0 Å². The summed E-state index contributed by atoms with van der Waals surface area (Å²) in [6, 6.07) is 8.75. The minimum absolute atomic E-state index is 0.0372. The number of pyridine rings is 1. The zero-order valence-electron chi connectivity index (χ0n) is 15.1. The van der Waals surface area contributed by atoms with E-state index in [4.69, 9.17) is 4.74 Å². The van der Waals surface area contributed by atoms with Crippen molar-refractivity contribution in [3.8, 4) is 17.1 Å². The van der Waals surface area contributed by atoms with Crippen molar-refractivity contribution in [1.82, 2.24) is 15.0 Å². The number of aromatic nitrogens is 3. The molecule has 29 heavy (non-hydrogen) atoms. The lowest BCUT2D eigenvalue weighted by atomic mass is 10.2. The van der Waals surface area contributed by atoms with Gasteiger partial charge in [-0.3, -0.25) is 9.78 Å². The monoisotopic (exact) mass is 401 g/mol. The molecule has 4 rings (SSSR count). The molecule has 148 valence electrons. The Morgan fingerprint density at radius 1 is 1.10 bits per heavy atom. The zero-order chi connectivity index (χ0) is 20.6. The van der Waals surface area contributed by atoms with Crippen molar-refractivity contribution in [3.63, 3.8) is 0 Å². The van der Waals surface area contributed by atoms with Crippen molar-refractivity contribution in [1.29, 1.82) is 0 Å². The number of ether oxygens (including phenoxy) is 1. The third kappa shape index (κ3) is 3.82. The summed E-state index contributed by atoms with van der Waals surface area (Å²) < 4.78 is 45.3. The van der Waals surface area contributed by atoms with Crippen molar-refractivity contribution in [2.45, 2.75) is 6.18 Å². The van der Waals surface area contributed by atoms with Gasteiger partial charge in [-0.05, 0) is 30.3 Å². The maximum absolute atomic E-state index is 13.3. The van der Waals surface area contributed by atoms with Crippen LogP contribution in [0.25, 0.3) is 11.4 Å². The predicted molar refractivity (Wildman–Crippen MR) is 98.9 cm³/mol. The third-order valence-electron chi connectivity index (χ3n) is 4.27. The highest BCUT2D eigenvalue weighted by molar-refractivity contribution is 5.98. The first kappa shape index (κ1) is 18.7. The molecule has 1 aliphatic rings. The number of likely N-dealkylation sites (N-methyl/N-ethyl adjacent to an activating group) is 1. The SMILES string of the molecule is CN1C(=O)COc2ccc(Nc3cc(C(F)(F)F)nc(-c4ccncc4)n3)cc21. The standard InChI is InChI=1S/C19H14F3N5O2/c1-27-13-8-12(2-3-14(13)29-10-17(27)28)24-16-9-15(19(20,21)22)25-18(26-16)11-4-6-23-7-5-11/h2-9H,10H2,1H3,(H,24,25,26). The van der Waals surface area contributed by atoms with Crippen LogP contribution in [0.1, 0.15) is 5.69 Å². The Balaban J connectivity index is 1.73. The van der Waals surface area contributed by atoms with E-state index in [1.54, 1.807) is 25.2 Å². The average molecular weight is 401 g/mol. The van der Waals surface area contributed by atoms with Crippen LogP contribution >= 0.6 is 0 Å². The highest BCUT2D eigenvalue weighted by atomic mass is 19.4. The van der Waals surface area contributed by atoms with E-state index in [0.29, 0.717) is 22.7 Å². The minimum atomic E-state index is -4.64. The number of hydrogen-bond donors (Lipinski definition) is 1. The van der Waals surface area contributed by atoms with Crippen LogP contribution < -0.4 is 15.0 Å². The normalized spacial score (nSPS) is 13.7. The molecule has 1 N–H and O–H groups in total. The molecule has 0 saturated carbocycles. The summed E-state index contributed by atoms with van der Waals surface area (Å²) in [5.74, 6) is 0.160. The number of carbonyl (C=O) groups excluding carboxylic acids is 1. The molecule has 1 aromatic carbocycles. The van der Waals surface area contributed by atoms with E-state index in [0.717, 1.165) is 6.07 Å². The Hall–Kier alpha value is -3.69. The van der Waals surface area contributed by atoms with Crippen molar-refractivity contribution in [2.24, 2.45) is 0 Å². The van der Waals surface area contributed by atoms with Crippen molar-refractivity contribution < 1.29 is 22.7 Å². The van der Waals surface area contributed by atoms with Gasteiger partial charge in [0.25, 0.3) is 5.91 Å². The number of nitrogens with one attached hydrogen (secondary N) is 1. The van der Waals surface area contributed by atoms with E-state index in [9.17, 15) is 18.0 Å². The second-order valence-electron chi connectivity index (χ2n) is 6.24. The number of anilines is 3. The van der Waals surface area contributed by atoms with Gasteiger partial charge in [-0.1, -0.05) is 0 Å². The summed E-state index contributed by atoms with van der Waals surface area (Å²) in [7, 11) is 1.60. The summed E-state index contributed by atoms with van der Waals surface area (Å²) >= 11 is 0. The summed E-state index contributed by atoms with van der Waals surface area (Å²) in [5.41, 5.74) is 0.279. The van der Waals surface area contributed by atoms with Gasteiger partial charge in [0.1, 0.15) is 11.6 Å². The predicted octanol–water partition coefficient (Wildman–Crippen LogP) is 3.66. The van der Waals surface area contributed by atoms with Crippen molar-refractivity contribution in [3.05, 3.63) is 54.5 Å². The van der Waals surface area contributed by atoms with Gasteiger partial charge in [-0.15, -0.1) is 0 Å². The highest BCUT2D eigenvalue weighted by Crippen LogP contribution is 2.35. The first-order valence-corrected chi connectivity index (χ1v) is 8.48. The Morgan fingerprint density at radius 3 is 2.59 bits per heavy atom. The lowest BCUT2D eigenvalue weighted by Gasteiger charge is -2.26. The van der Waals surface area contributed by atoms with E-state index >= 15 is 0 Å². The molecule has 0 saturated heterocycles. The molecule has 0 aliphatic carbocycles. The lowest BCUT2D eigenvalue weighted by Crippen LogP contribution is -2.35. The van der Waals surface area contributed by atoms with Crippen molar-refractivity contribution >= 4 is 23.1 Å². The van der Waals surface area contributed by atoms with Gasteiger partial charge in [0.05, 0.1) is 5.69 Å². The molecule has 1 amide bonds. The molecule has 0 atom stereocenters. The fourth-order valence-corrected chi connectivity index (χ4v) is 2.78. The van der Waals surface area contributed by atoms with Gasteiger partial charge < -0.3 is 15.0 Å². The molecule has 3 aromatic rings. The molecular weight excluding hydrogens is 387 g/mol. The summed E-state index contributed by atoms with van der Waals surface area (Å²) in [5, 5.41) is 2.85. The molecule has 1 aliphatic heterocycles. The number of rotatable bonds is 3. The van der Waals surface area contributed by atoms with Gasteiger partial charge in [0.2, 0.25) is 0 Å². The van der Waals surface area contributed by atoms with Crippen LogP contribution in [0.3, 0.4) is 0 Å². The second kappa shape index (κ2) is 7.04. The fraction of sp³-hybridized carbons (Fsp3) is 0.158. The molecule has 0 spiro atoms. The van der Waals surface area contributed by atoms with E-state index in [2.05, 4.69) is 20.3 Å². The quantitative estimate of drug-likeness (QED) is 0.722. The molecule has 2 aromatic heterocycles. The maximum Gasteiger partial charge on any atom is 0.433 e. The van der Waals surface area contributed by atoms with Gasteiger partial charge in [0, 0.05) is 36.8 Å². The van der Waals surface area contributed by atoms with Gasteiger partial charge in [-0.2, -0.15) is 13.2 Å². The average Bonchev–Trinajstić information content (AvgIpc) is 2.71. The molecular formula is C19H14F3N5O2. The highest BCUT2D eigenvalue weighted by Gasteiger charge is 2.34. The van der Waals surface area contributed by atoms with Gasteiger partial charge in [0.15, 0.2) is 18.1 Å². The molecule has 3 heterocycles. The minimum Gasteiger partial charge on any atom is -0.482 e. The Kier molecular flexibility index (Phi) is 4.53. The number of alkyl halides is 3. The van der Waals surface area contributed by atoms with Crippen LogP contribution in [-0.4, -0.2) is 34.5 Å². The molecule has 0 radical (unpaired) electrons. The van der Waals surface area contributed by atoms with E-state index in [1.807, 2.05) is 0 Å². The molecule has 10 heteroatoms. The first-order chi connectivity index (χ1) is 13.8. The van der Waals surface area contributed by atoms with Gasteiger partial charge in [-0.25, -0.2) is 9.97 Å². The fourth-order valence-electron chi connectivity index (χ4n) is 2.78. The Labute approximate surface area is 163 Å². The summed E-state index contributed by atoms with van der Waals surface area (Å²) in [6.45, 7) is -0.0631. The molecule has 0 unspecified atom stereocenters.